The Kier molecular flexibility index (Phi) is 6.72. The van der Waals surface area contributed by atoms with E-state index in [2.05, 4.69) is 49.0 Å². The fourth-order valence-corrected chi connectivity index (χ4v) is 3.62. The molecule has 3 atom stereocenters. The van der Waals surface area contributed by atoms with Gasteiger partial charge in [0.05, 0.1) is 0 Å². The first-order chi connectivity index (χ1) is 10.1. The summed E-state index contributed by atoms with van der Waals surface area (Å²) in [6, 6.07) is 0.631. The van der Waals surface area contributed by atoms with Gasteiger partial charge < -0.3 is 15.1 Å². The number of hydrogen-bond acceptors (Lipinski definition) is 3. The lowest BCUT2D eigenvalue weighted by atomic mass is 9.80. The second-order valence-corrected chi connectivity index (χ2v) is 7.35. The zero-order valence-corrected chi connectivity index (χ0v) is 14.6. The minimum Gasteiger partial charge on any atom is -0.314 e. The van der Waals surface area contributed by atoms with Crippen LogP contribution in [0, 0.1) is 11.8 Å². The van der Waals surface area contributed by atoms with Gasteiger partial charge in [-0.25, -0.2) is 0 Å². The molecule has 0 spiro atoms. The van der Waals surface area contributed by atoms with Crippen molar-refractivity contribution in [1.29, 1.82) is 0 Å². The Balaban J connectivity index is 1.64. The molecule has 0 aromatic heterocycles. The van der Waals surface area contributed by atoms with Crippen LogP contribution < -0.4 is 5.32 Å². The predicted octanol–water partition coefficient (Wildman–Crippen LogP) is 2.59. The molecule has 0 amide bonds. The number of nitrogens with one attached hydrogen (secondary N) is 1. The molecule has 122 valence electrons. The summed E-state index contributed by atoms with van der Waals surface area (Å²) in [6.07, 6.45) is 6.36. The predicted molar refractivity (Wildman–Crippen MR) is 91.7 cm³/mol. The average Bonchev–Trinajstić information content (AvgIpc) is 2.46. The fourth-order valence-electron chi connectivity index (χ4n) is 3.62. The SMILES string of the molecule is CC1=CCC[C@H](C)[C@H]1CN[C@@H](C)CCN1CCN(C)CC1. The molecule has 1 aliphatic heterocycles. The van der Waals surface area contributed by atoms with Gasteiger partial charge in [0, 0.05) is 38.8 Å². The first-order valence-electron chi connectivity index (χ1n) is 8.87. The van der Waals surface area contributed by atoms with Gasteiger partial charge >= 0.3 is 0 Å². The second-order valence-electron chi connectivity index (χ2n) is 7.35. The van der Waals surface area contributed by atoms with Gasteiger partial charge in [-0.15, -0.1) is 0 Å². The van der Waals surface area contributed by atoms with Gasteiger partial charge in [-0.1, -0.05) is 18.6 Å². The van der Waals surface area contributed by atoms with Crippen molar-refractivity contribution in [3.63, 3.8) is 0 Å². The molecule has 0 saturated carbocycles. The molecule has 0 unspecified atom stereocenters. The molecule has 3 nitrogen and oxygen atoms in total. The van der Waals surface area contributed by atoms with E-state index >= 15 is 0 Å². The van der Waals surface area contributed by atoms with Crippen molar-refractivity contribution in [3.05, 3.63) is 11.6 Å². The number of allylic oxidation sites excluding steroid dienone is 1. The largest absolute Gasteiger partial charge is 0.314 e. The highest BCUT2D eigenvalue weighted by atomic mass is 15.2. The van der Waals surface area contributed by atoms with Gasteiger partial charge in [0.2, 0.25) is 0 Å². The van der Waals surface area contributed by atoms with E-state index in [0.29, 0.717) is 6.04 Å². The van der Waals surface area contributed by atoms with Crippen LogP contribution in [-0.4, -0.2) is 62.2 Å². The van der Waals surface area contributed by atoms with Crippen LogP contribution in [0.15, 0.2) is 11.6 Å². The first-order valence-corrected chi connectivity index (χ1v) is 8.87. The molecule has 1 saturated heterocycles. The molecule has 2 rings (SSSR count). The van der Waals surface area contributed by atoms with Crippen LogP contribution in [0.2, 0.25) is 0 Å². The summed E-state index contributed by atoms with van der Waals surface area (Å²) < 4.78 is 0. The van der Waals surface area contributed by atoms with Crippen molar-refractivity contribution in [2.75, 3.05) is 46.3 Å². The number of likely N-dealkylation sites (N-methyl/N-ethyl adjacent to an activating group) is 1. The summed E-state index contributed by atoms with van der Waals surface area (Å²) in [4.78, 5) is 5.05. The Hall–Kier alpha value is -0.380. The van der Waals surface area contributed by atoms with Gasteiger partial charge in [-0.3, -0.25) is 0 Å². The van der Waals surface area contributed by atoms with E-state index in [9.17, 15) is 0 Å². The lowest BCUT2D eigenvalue weighted by Crippen LogP contribution is -2.46. The van der Waals surface area contributed by atoms with E-state index in [0.717, 1.165) is 18.4 Å². The van der Waals surface area contributed by atoms with E-state index in [1.54, 1.807) is 5.57 Å². The van der Waals surface area contributed by atoms with Gasteiger partial charge in [-0.05, 0) is 58.5 Å². The van der Waals surface area contributed by atoms with Crippen molar-refractivity contribution in [1.82, 2.24) is 15.1 Å². The highest BCUT2D eigenvalue weighted by molar-refractivity contribution is 5.09. The Labute approximate surface area is 131 Å². The smallest absolute Gasteiger partial charge is 0.0110 e. The number of piperazine rings is 1. The maximum absolute atomic E-state index is 3.78. The molecule has 0 bridgehead atoms. The normalized spacial score (nSPS) is 30.2. The van der Waals surface area contributed by atoms with E-state index in [4.69, 9.17) is 0 Å². The molecular formula is C18H35N3. The summed E-state index contributed by atoms with van der Waals surface area (Å²) in [5.74, 6) is 1.59. The molecular weight excluding hydrogens is 258 g/mol. The monoisotopic (exact) mass is 293 g/mol. The number of hydrogen-bond donors (Lipinski definition) is 1. The van der Waals surface area contributed by atoms with Crippen molar-refractivity contribution in [2.45, 2.75) is 46.1 Å². The van der Waals surface area contributed by atoms with E-state index < -0.39 is 0 Å². The number of nitrogens with zero attached hydrogens (tertiary/aromatic N) is 2. The molecule has 21 heavy (non-hydrogen) atoms. The van der Waals surface area contributed by atoms with Gasteiger partial charge in [0.15, 0.2) is 0 Å². The summed E-state index contributed by atoms with van der Waals surface area (Å²) in [5, 5.41) is 3.78. The lowest BCUT2D eigenvalue weighted by Gasteiger charge is -2.33. The zero-order valence-electron chi connectivity index (χ0n) is 14.6. The molecule has 0 radical (unpaired) electrons. The maximum atomic E-state index is 3.78. The molecule has 0 aromatic rings. The third-order valence-corrected chi connectivity index (χ3v) is 5.52. The molecule has 1 N–H and O–H groups in total. The quantitative estimate of drug-likeness (QED) is 0.760. The van der Waals surface area contributed by atoms with E-state index in [-0.39, 0.29) is 0 Å². The van der Waals surface area contributed by atoms with E-state index in [1.165, 1.54) is 52.0 Å². The third kappa shape index (κ3) is 5.39. The van der Waals surface area contributed by atoms with Gasteiger partial charge in [-0.2, -0.15) is 0 Å². The molecule has 1 aliphatic carbocycles. The van der Waals surface area contributed by atoms with Crippen LogP contribution in [0.3, 0.4) is 0 Å². The van der Waals surface area contributed by atoms with Crippen LogP contribution in [0.4, 0.5) is 0 Å². The summed E-state index contributed by atoms with van der Waals surface area (Å²) in [6.45, 7) is 14.4. The Morgan fingerprint density at radius 1 is 1.29 bits per heavy atom. The summed E-state index contributed by atoms with van der Waals surface area (Å²) in [5.41, 5.74) is 1.60. The molecule has 3 heteroatoms. The van der Waals surface area contributed by atoms with Crippen LogP contribution in [-0.2, 0) is 0 Å². The minimum absolute atomic E-state index is 0.631. The Morgan fingerprint density at radius 2 is 2.00 bits per heavy atom. The average molecular weight is 293 g/mol. The highest BCUT2D eigenvalue weighted by Crippen LogP contribution is 2.29. The molecule has 1 fully saturated rings. The second kappa shape index (κ2) is 8.30. The van der Waals surface area contributed by atoms with Crippen LogP contribution in [0.5, 0.6) is 0 Å². The molecule has 0 aromatic carbocycles. The standard InChI is InChI=1S/C18H35N3/c1-15-6-5-7-16(2)18(15)14-19-17(3)8-9-21-12-10-20(4)11-13-21/h6,16-19H,5,7-14H2,1-4H3/t16-,17-,18-/m0/s1. The minimum atomic E-state index is 0.631. The Morgan fingerprint density at radius 3 is 2.67 bits per heavy atom. The van der Waals surface area contributed by atoms with Crippen molar-refractivity contribution >= 4 is 0 Å². The van der Waals surface area contributed by atoms with Crippen LogP contribution in [0.25, 0.3) is 0 Å². The highest BCUT2D eigenvalue weighted by Gasteiger charge is 2.22. The third-order valence-electron chi connectivity index (χ3n) is 5.52. The summed E-state index contributed by atoms with van der Waals surface area (Å²) in [7, 11) is 2.22. The molecule has 1 heterocycles. The lowest BCUT2D eigenvalue weighted by molar-refractivity contribution is 0.149. The number of rotatable bonds is 6. The van der Waals surface area contributed by atoms with Crippen LogP contribution in [0.1, 0.15) is 40.0 Å². The van der Waals surface area contributed by atoms with E-state index in [1.807, 2.05) is 0 Å². The van der Waals surface area contributed by atoms with Crippen molar-refractivity contribution in [3.8, 4) is 0 Å². The van der Waals surface area contributed by atoms with Gasteiger partial charge in [0.25, 0.3) is 0 Å². The first kappa shape index (κ1) is 17.0. The fraction of sp³-hybridized carbons (Fsp3) is 0.889. The zero-order chi connectivity index (χ0) is 15.2. The Bertz CT molecular complexity index is 331. The van der Waals surface area contributed by atoms with Crippen molar-refractivity contribution < 1.29 is 0 Å². The maximum Gasteiger partial charge on any atom is 0.0110 e. The summed E-state index contributed by atoms with van der Waals surface area (Å²) >= 11 is 0. The van der Waals surface area contributed by atoms with Crippen LogP contribution >= 0.6 is 0 Å². The topological polar surface area (TPSA) is 18.5 Å². The van der Waals surface area contributed by atoms with Gasteiger partial charge in [0.1, 0.15) is 0 Å². The molecule has 2 aliphatic rings. The van der Waals surface area contributed by atoms with Crippen molar-refractivity contribution in [2.24, 2.45) is 11.8 Å².